The Hall–Kier alpha value is -2.50. The number of hydrazine groups is 1. The van der Waals surface area contributed by atoms with Crippen molar-refractivity contribution in [2.24, 2.45) is 0 Å². The number of rotatable bonds is 12. The summed E-state index contributed by atoms with van der Waals surface area (Å²) in [6.07, 6.45) is -3.13. The van der Waals surface area contributed by atoms with E-state index in [-0.39, 0.29) is 27.4 Å². The first-order valence-electron chi connectivity index (χ1n) is 11.1. The molecule has 0 aliphatic heterocycles. The summed E-state index contributed by atoms with van der Waals surface area (Å²) in [4.78, 5) is 11.5. The molecule has 212 valence electrons. The van der Waals surface area contributed by atoms with E-state index in [1.165, 1.54) is 6.92 Å². The van der Waals surface area contributed by atoms with Gasteiger partial charge in [-0.3, -0.25) is 4.79 Å². The molecule has 2 atom stereocenters. The average molecular weight is 615 g/mol. The predicted molar refractivity (Wildman–Crippen MR) is 143 cm³/mol. The van der Waals surface area contributed by atoms with Crippen molar-refractivity contribution in [3.05, 3.63) is 98.7 Å². The summed E-state index contributed by atoms with van der Waals surface area (Å²) < 4.78 is 87.7. The monoisotopic (exact) mass is 613 g/mol. The van der Waals surface area contributed by atoms with E-state index in [9.17, 15) is 18.0 Å². The summed E-state index contributed by atoms with van der Waals surface area (Å²) in [5, 5.41) is 2.49. The first kappa shape index (κ1) is 32.7. The fraction of sp³-hybridized carbons (Fsp3) is 0.269. The molecule has 2 rings (SSSR count). The summed E-state index contributed by atoms with van der Waals surface area (Å²) in [7, 11) is 0.985. The highest BCUT2D eigenvalue weighted by Gasteiger charge is 2.42. The molecule has 2 N–H and O–H groups in total. The number of carbonyl (C=O) groups is 1. The van der Waals surface area contributed by atoms with Gasteiger partial charge in [-0.15, -0.1) is 6.58 Å². The van der Waals surface area contributed by atoms with Crippen LogP contribution >= 0.6 is 34.8 Å². The lowest BCUT2D eigenvalue weighted by atomic mass is 9.95. The molecule has 0 saturated carbocycles. The van der Waals surface area contributed by atoms with Crippen LogP contribution in [0, 0.1) is 0 Å². The minimum absolute atomic E-state index is 0.132. The molecule has 0 amide bonds. The van der Waals surface area contributed by atoms with E-state index >= 15 is 13.2 Å². The number of hydrogen-bond donors (Lipinski definition) is 2. The van der Waals surface area contributed by atoms with Crippen LogP contribution in [-0.2, 0) is 6.05 Å². The second kappa shape index (κ2) is 13.2. The number of alkyl halides is 5. The van der Waals surface area contributed by atoms with E-state index in [1.807, 2.05) is 0 Å². The first-order valence-corrected chi connectivity index (χ1v) is 12.3. The Balaban J connectivity index is 2.50. The summed E-state index contributed by atoms with van der Waals surface area (Å²) in [5.41, 5.74) is 0.284. The van der Waals surface area contributed by atoms with Crippen LogP contribution in [-0.4, -0.2) is 37.1 Å². The summed E-state index contributed by atoms with van der Waals surface area (Å²) >= 11 is 17.5. The highest BCUT2D eigenvalue weighted by Crippen LogP contribution is 2.42. The Morgan fingerprint density at radius 2 is 1.69 bits per heavy atom. The lowest BCUT2D eigenvalue weighted by molar-refractivity contribution is -0.170. The summed E-state index contributed by atoms with van der Waals surface area (Å²) in [5.74, 6) is -4.02. The number of aldehydes is 1. The molecule has 0 spiro atoms. The van der Waals surface area contributed by atoms with Gasteiger partial charge in [-0.1, -0.05) is 59.6 Å². The van der Waals surface area contributed by atoms with Gasteiger partial charge in [0.15, 0.2) is 6.29 Å². The van der Waals surface area contributed by atoms with Crippen molar-refractivity contribution in [3.8, 4) is 0 Å². The number of allylic oxidation sites excluding steroid dienone is 1. The molecule has 2 aromatic rings. The Labute approximate surface area is 236 Å². The standard InChI is InChI=1S/C26H24Cl3F6N3O/c1-5-8-36-14(2)15(3)37-38(4)26(34,35)20-9-16(6-7-17(20)13-39)23(30)12-19(25(31,32)33)18-10-21(27)24(29)22(28)11-18/h5-7,9-13,15,19,36-37H,1-2,8H2,3-4H3/b23-12-. The van der Waals surface area contributed by atoms with Gasteiger partial charge in [0, 0.05) is 36.0 Å². The lowest BCUT2D eigenvalue weighted by Gasteiger charge is -2.32. The minimum Gasteiger partial charge on any atom is -0.384 e. The highest BCUT2D eigenvalue weighted by molar-refractivity contribution is 6.48. The number of benzene rings is 2. The molecule has 2 unspecified atom stereocenters. The van der Waals surface area contributed by atoms with Crippen LogP contribution in [0.2, 0.25) is 15.1 Å². The fourth-order valence-corrected chi connectivity index (χ4v) is 4.04. The van der Waals surface area contributed by atoms with Crippen LogP contribution < -0.4 is 10.7 Å². The van der Waals surface area contributed by atoms with Gasteiger partial charge in [0.1, 0.15) is 11.7 Å². The Bertz CT molecular complexity index is 1240. The molecule has 4 nitrogen and oxygen atoms in total. The molecule has 0 heterocycles. The molecule has 0 bridgehead atoms. The maximum Gasteiger partial charge on any atom is 0.399 e. The molecule has 0 aliphatic rings. The van der Waals surface area contributed by atoms with E-state index in [0.717, 1.165) is 31.3 Å². The number of hydrogen-bond acceptors (Lipinski definition) is 4. The molecule has 0 aliphatic carbocycles. The fourth-order valence-electron chi connectivity index (χ4n) is 3.43. The van der Waals surface area contributed by atoms with Gasteiger partial charge in [0.05, 0.1) is 21.1 Å². The first-order chi connectivity index (χ1) is 18.0. The van der Waals surface area contributed by atoms with Crippen LogP contribution in [0.3, 0.4) is 0 Å². The van der Waals surface area contributed by atoms with Gasteiger partial charge >= 0.3 is 12.2 Å². The van der Waals surface area contributed by atoms with E-state index < -0.39 is 52.3 Å². The van der Waals surface area contributed by atoms with Crippen LogP contribution in [0.4, 0.5) is 26.3 Å². The van der Waals surface area contributed by atoms with E-state index in [0.29, 0.717) is 23.3 Å². The third kappa shape index (κ3) is 8.02. The van der Waals surface area contributed by atoms with Gasteiger partial charge in [-0.25, -0.2) is 9.82 Å². The maximum atomic E-state index is 15.4. The largest absolute Gasteiger partial charge is 0.399 e. The molecule has 2 aromatic carbocycles. The molecule has 0 aromatic heterocycles. The average Bonchev–Trinajstić information content (AvgIpc) is 2.87. The molecular weight excluding hydrogens is 591 g/mol. The molecule has 0 fully saturated rings. The third-order valence-corrected chi connectivity index (χ3v) is 6.81. The predicted octanol–water partition coefficient (Wildman–Crippen LogP) is 8.28. The highest BCUT2D eigenvalue weighted by atomic mass is 35.5. The van der Waals surface area contributed by atoms with Crippen molar-refractivity contribution in [2.75, 3.05) is 13.6 Å². The van der Waals surface area contributed by atoms with Gasteiger partial charge in [-0.05, 0) is 36.8 Å². The zero-order chi connectivity index (χ0) is 29.7. The topological polar surface area (TPSA) is 44.4 Å². The summed E-state index contributed by atoms with van der Waals surface area (Å²) in [6.45, 7) is 9.14. The van der Waals surface area contributed by atoms with Crippen LogP contribution in [0.5, 0.6) is 0 Å². The SMILES string of the molecule is C=CCNC(=C)C(C)NN(C)C(F)(F)c1cc(/C(F)=C/C(c2cc(Cl)c(Cl)c(Cl)c2)C(F)(F)F)ccc1C=O. The number of carbonyl (C=O) groups excluding carboxylic acids is 1. The molecule has 13 heteroatoms. The number of halogens is 9. The van der Waals surface area contributed by atoms with Crippen LogP contribution in [0.25, 0.3) is 5.83 Å². The zero-order valence-electron chi connectivity index (χ0n) is 20.7. The third-order valence-electron chi connectivity index (χ3n) is 5.62. The van der Waals surface area contributed by atoms with Gasteiger partial charge < -0.3 is 5.32 Å². The van der Waals surface area contributed by atoms with Crippen molar-refractivity contribution in [3.63, 3.8) is 0 Å². The van der Waals surface area contributed by atoms with Gasteiger partial charge in [-0.2, -0.15) is 27.0 Å². The minimum atomic E-state index is -5.00. The van der Waals surface area contributed by atoms with Crippen molar-refractivity contribution < 1.29 is 31.1 Å². The molecule has 0 radical (unpaired) electrons. The Morgan fingerprint density at radius 3 is 2.21 bits per heavy atom. The lowest BCUT2D eigenvalue weighted by Crippen LogP contribution is -2.51. The van der Waals surface area contributed by atoms with Crippen molar-refractivity contribution >= 4 is 46.9 Å². The van der Waals surface area contributed by atoms with E-state index in [4.69, 9.17) is 34.8 Å². The van der Waals surface area contributed by atoms with Gasteiger partial charge in [0.25, 0.3) is 0 Å². The second-order valence-electron chi connectivity index (χ2n) is 8.40. The Kier molecular flexibility index (Phi) is 11.1. The Morgan fingerprint density at radius 1 is 1.10 bits per heavy atom. The van der Waals surface area contributed by atoms with E-state index in [2.05, 4.69) is 23.9 Å². The second-order valence-corrected chi connectivity index (χ2v) is 9.59. The number of nitrogens with one attached hydrogen (secondary N) is 2. The quantitative estimate of drug-likeness (QED) is 0.0631. The normalized spacial score (nSPS) is 14.2. The summed E-state index contributed by atoms with van der Waals surface area (Å²) in [6, 6.07) is -0.441. The van der Waals surface area contributed by atoms with E-state index in [1.54, 1.807) is 6.08 Å². The van der Waals surface area contributed by atoms with Gasteiger partial charge in [0.2, 0.25) is 0 Å². The number of nitrogens with zero attached hydrogens (tertiary/aromatic N) is 1. The maximum absolute atomic E-state index is 15.4. The molecule has 0 saturated heterocycles. The molecule has 39 heavy (non-hydrogen) atoms. The van der Waals surface area contributed by atoms with Crippen molar-refractivity contribution in [1.82, 2.24) is 15.8 Å². The smallest absolute Gasteiger partial charge is 0.384 e. The van der Waals surface area contributed by atoms with Crippen molar-refractivity contribution in [1.29, 1.82) is 0 Å². The van der Waals surface area contributed by atoms with Crippen molar-refractivity contribution in [2.45, 2.75) is 31.1 Å². The van der Waals surface area contributed by atoms with Crippen LogP contribution in [0.15, 0.2) is 61.3 Å². The zero-order valence-corrected chi connectivity index (χ0v) is 22.9. The van der Waals surface area contributed by atoms with Crippen LogP contribution in [0.1, 0.15) is 39.9 Å². The molecular formula is C26H24Cl3F6N3O.